The molecule has 5 nitrogen and oxygen atoms in total. The van der Waals surface area contributed by atoms with Crippen LogP contribution >= 0.6 is 0 Å². The zero-order chi connectivity index (χ0) is 12.0. The van der Waals surface area contributed by atoms with Gasteiger partial charge < -0.3 is 15.2 Å². The topological polar surface area (TPSA) is 71.5 Å². The molecular formula is C11H16N2O3. The van der Waals surface area contributed by atoms with Gasteiger partial charge in [-0.15, -0.1) is 0 Å². The van der Waals surface area contributed by atoms with Crippen LogP contribution in [-0.4, -0.2) is 29.2 Å². The molecule has 0 radical (unpaired) electrons. The fraction of sp³-hybridized carbons (Fsp3) is 0.455. The SMILES string of the molecule is CCCC(Nc1ccc(OC)nc1)C(=O)O. The predicted octanol–water partition coefficient (Wildman–Crippen LogP) is 1.76. The Morgan fingerprint density at radius 3 is 2.81 bits per heavy atom. The van der Waals surface area contributed by atoms with Crippen LogP contribution < -0.4 is 10.1 Å². The monoisotopic (exact) mass is 224 g/mol. The number of aromatic nitrogens is 1. The number of hydrogen-bond acceptors (Lipinski definition) is 4. The van der Waals surface area contributed by atoms with Gasteiger partial charge in [0.1, 0.15) is 6.04 Å². The van der Waals surface area contributed by atoms with Crippen molar-refractivity contribution in [1.29, 1.82) is 0 Å². The quantitative estimate of drug-likeness (QED) is 0.770. The number of ether oxygens (including phenoxy) is 1. The molecule has 5 heteroatoms. The fourth-order valence-corrected chi connectivity index (χ4v) is 1.33. The molecule has 0 aliphatic rings. The van der Waals surface area contributed by atoms with Gasteiger partial charge in [-0.3, -0.25) is 0 Å². The van der Waals surface area contributed by atoms with Crippen molar-refractivity contribution < 1.29 is 14.6 Å². The summed E-state index contributed by atoms with van der Waals surface area (Å²) in [6, 6.07) is 2.87. The van der Waals surface area contributed by atoms with Gasteiger partial charge >= 0.3 is 5.97 Å². The number of carbonyl (C=O) groups is 1. The van der Waals surface area contributed by atoms with E-state index in [4.69, 9.17) is 9.84 Å². The first-order valence-corrected chi connectivity index (χ1v) is 5.16. The number of rotatable bonds is 6. The summed E-state index contributed by atoms with van der Waals surface area (Å²) in [7, 11) is 1.53. The third-order valence-corrected chi connectivity index (χ3v) is 2.16. The van der Waals surface area contributed by atoms with Gasteiger partial charge in [-0.25, -0.2) is 9.78 Å². The standard InChI is InChI=1S/C11H16N2O3/c1-3-4-9(11(14)15)13-8-5-6-10(16-2)12-7-8/h5-7,9,13H,3-4H2,1-2H3,(H,14,15). The summed E-state index contributed by atoms with van der Waals surface area (Å²) in [6.45, 7) is 1.95. The molecule has 1 unspecified atom stereocenters. The summed E-state index contributed by atoms with van der Waals surface area (Å²) >= 11 is 0. The average Bonchev–Trinajstić information content (AvgIpc) is 2.29. The van der Waals surface area contributed by atoms with E-state index in [0.717, 1.165) is 6.42 Å². The second-order valence-electron chi connectivity index (χ2n) is 3.41. The van der Waals surface area contributed by atoms with E-state index in [0.29, 0.717) is 18.0 Å². The Kier molecular flexibility index (Phi) is 4.57. The van der Waals surface area contributed by atoms with Crippen LogP contribution in [0, 0.1) is 0 Å². The van der Waals surface area contributed by atoms with Crippen LogP contribution in [-0.2, 0) is 4.79 Å². The van der Waals surface area contributed by atoms with Crippen LogP contribution in [0.3, 0.4) is 0 Å². The Bertz CT molecular complexity index is 338. The van der Waals surface area contributed by atoms with E-state index in [2.05, 4.69) is 10.3 Å². The Morgan fingerprint density at radius 2 is 2.38 bits per heavy atom. The first-order chi connectivity index (χ1) is 7.67. The maximum Gasteiger partial charge on any atom is 0.326 e. The Morgan fingerprint density at radius 1 is 1.62 bits per heavy atom. The van der Waals surface area contributed by atoms with Crippen molar-refractivity contribution in [3.8, 4) is 5.88 Å². The number of methoxy groups -OCH3 is 1. The van der Waals surface area contributed by atoms with Crippen LogP contribution in [0.25, 0.3) is 0 Å². The summed E-state index contributed by atoms with van der Waals surface area (Å²) in [5.74, 6) is -0.342. The number of hydrogen-bond donors (Lipinski definition) is 2. The summed E-state index contributed by atoms with van der Waals surface area (Å²) in [5, 5.41) is 11.9. The number of nitrogens with one attached hydrogen (secondary N) is 1. The second kappa shape index (κ2) is 5.95. The number of carboxylic acid groups (broad SMARTS) is 1. The highest BCUT2D eigenvalue weighted by Crippen LogP contribution is 2.13. The van der Waals surface area contributed by atoms with Crippen LogP contribution in [0.4, 0.5) is 5.69 Å². The minimum atomic E-state index is -0.849. The van der Waals surface area contributed by atoms with Gasteiger partial charge in [-0.1, -0.05) is 13.3 Å². The highest BCUT2D eigenvalue weighted by Gasteiger charge is 2.15. The number of pyridine rings is 1. The Labute approximate surface area is 94.5 Å². The molecule has 1 heterocycles. The molecule has 0 aliphatic carbocycles. The zero-order valence-electron chi connectivity index (χ0n) is 9.43. The van der Waals surface area contributed by atoms with Gasteiger partial charge in [0.2, 0.25) is 5.88 Å². The lowest BCUT2D eigenvalue weighted by Crippen LogP contribution is -2.28. The summed E-state index contributed by atoms with van der Waals surface area (Å²) in [6.07, 6.45) is 2.96. The molecule has 2 N–H and O–H groups in total. The molecular weight excluding hydrogens is 208 g/mol. The maximum atomic E-state index is 10.9. The van der Waals surface area contributed by atoms with Gasteiger partial charge in [0, 0.05) is 6.07 Å². The average molecular weight is 224 g/mol. The van der Waals surface area contributed by atoms with Crippen molar-refractivity contribution in [3.05, 3.63) is 18.3 Å². The van der Waals surface area contributed by atoms with E-state index in [1.807, 2.05) is 6.92 Å². The molecule has 0 amide bonds. The largest absolute Gasteiger partial charge is 0.481 e. The zero-order valence-corrected chi connectivity index (χ0v) is 9.43. The van der Waals surface area contributed by atoms with E-state index in [-0.39, 0.29) is 0 Å². The Hall–Kier alpha value is -1.78. The number of aliphatic carboxylic acids is 1. The first kappa shape index (κ1) is 12.3. The smallest absolute Gasteiger partial charge is 0.326 e. The molecule has 1 aromatic heterocycles. The predicted molar refractivity (Wildman–Crippen MR) is 60.7 cm³/mol. The molecule has 1 rings (SSSR count). The molecule has 88 valence electrons. The van der Waals surface area contributed by atoms with Crippen LogP contribution in [0.1, 0.15) is 19.8 Å². The second-order valence-corrected chi connectivity index (χ2v) is 3.41. The lowest BCUT2D eigenvalue weighted by atomic mass is 10.1. The number of anilines is 1. The summed E-state index contributed by atoms with van der Waals surface area (Å²) < 4.78 is 4.91. The van der Waals surface area contributed by atoms with Crippen molar-refractivity contribution in [1.82, 2.24) is 4.98 Å². The normalized spacial score (nSPS) is 11.9. The Balaban J connectivity index is 2.65. The van der Waals surface area contributed by atoms with Gasteiger partial charge in [-0.05, 0) is 12.5 Å². The maximum absolute atomic E-state index is 10.9. The molecule has 0 aromatic carbocycles. The first-order valence-electron chi connectivity index (χ1n) is 5.16. The van der Waals surface area contributed by atoms with Gasteiger partial charge in [0.15, 0.2) is 0 Å². The molecule has 0 aliphatic heterocycles. The van der Waals surface area contributed by atoms with E-state index >= 15 is 0 Å². The molecule has 0 saturated heterocycles. The minimum absolute atomic E-state index is 0.507. The number of nitrogens with zero attached hydrogens (tertiary/aromatic N) is 1. The molecule has 0 fully saturated rings. The third-order valence-electron chi connectivity index (χ3n) is 2.16. The summed E-state index contributed by atoms with van der Waals surface area (Å²) in [4.78, 5) is 14.9. The van der Waals surface area contributed by atoms with Gasteiger partial charge in [0.25, 0.3) is 0 Å². The molecule has 16 heavy (non-hydrogen) atoms. The molecule has 0 bridgehead atoms. The third kappa shape index (κ3) is 3.42. The molecule has 0 saturated carbocycles. The van der Waals surface area contributed by atoms with E-state index in [1.54, 1.807) is 18.3 Å². The van der Waals surface area contributed by atoms with Gasteiger partial charge in [-0.2, -0.15) is 0 Å². The fourth-order valence-electron chi connectivity index (χ4n) is 1.33. The van der Waals surface area contributed by atoms with Crippen molar-refractivity contribution in [3.63, 3.8) is 0 Å². The highest BCUT2D eigenvalue weighted by molar-refractivity contribution is 5.77. The van der Waals surface area contributed by atoms with Crippen LogP contribution in [0.15, 0.2) is 18.3 Å². The number of carboxylic acids is 1. The molecule has 1 aromatic rings. The van der Waals surface area contributed by atoms with Crippen LogP contribution in [0.2, 0.25) is 0 Å². The van der Waals surface area contributed by atoms with Crippen molar-refractivity contribution in [2.24, 2.45) is 0 Å². The van der Waals surface area contributed by atoms with Gasteiger partial charge in [0.05, 0.1) is 19.0 Å². The lowest BCUT2D eigenvalue weighted by molar-refractivity contribution is -0.138. The van der Waals surface area contributed by atoms with Crippen molar-refractivity contribution in [2.45, 2.75) is 25.8 Å². The highest BCUT2D eigenvalue weighted by atomic mass is 16.5. The van der Waals surface area contributed by atoms with Crippen molar-refractivity contribution in [2.75, 3.05) is 12.4 Å². The minimum Gasteiger partial charge on any atom is -0.481 e. The molecule has 0 spiro atoms. The summed E-state index contributed by atoms with van der Waals surface area (Å²) in [5.41, 5.74) is 0.682. The van der Waals surface area contributed by atoms with Crippen molar-refractivity contribution >= 4 is 11.7 Å². The van der Waals surface area contributed by atoms with E-state index in [9.17, 15) is 4.79 Å². The lowest BCUT2D eigenvalue weighted by Gasteiger charge is -2.14. The van der Waals surface area contributed by atoms with E-state index in [1.165, 1.54) is 7.11 Å². The molecule has 1 atom stereocenters. The van der Waals surface area contributed by atoms with Crippen LogP contribution in [0.5, 0.6) is 5.88 Å². The van der Waals surface area contributed by atoms with E-state index < -0.39 is 12.0 Å².